The van der Waals surface area contributed by atoms with E-state index in [0.29, 0.717) is 6.54 Å². The first-order chi connectivity index (χ1) is 10.8. The van der Waals surface area contributed by atoms with E-state index < -0.39 is 0 Å². The average Bonchev–Trinajstić information content (AvgIpc) is 2.77. The van der Waals surface area contributed by atoms with Crippen molar-refractivity contribution in [3.8, 4) is 0 Å². The van der Waals surface area contributed by atoms with Crippen LogP contribution < -0.4 is 10.6 Å². The Kier molecular flexibility index (Phi) is 5.00. The Morgan fingerprint density at radius 3 is 3.09 bits per heavy atom. The summed E-state index contributed by atoms with van der Waals surface area (Å²) in [5.74, 6) is 1.62. The molecular weight excluding hydrogens is 278 g/mol. The second kappa shape index (κ2) is 7.35. The summed E-state index contributed by atoms with van der Waals surface area (Å²) in [6.07, 6.45) is 4.85. The molecular formula is C16H23N5O. The lowest BCUT2D eigenvalue weighted by Crippen LogP contribution is -2.14. The fourth-order valence-corrected chi connectivity index (χ4v) is 2.87. The second-order valence-electron chi connectivity index (χ2n) is 5.92. The molecule has 1 atom stereocenters. The monoisotopic (exact) mass is 301 g/mol. The van der Waals surface area contributed by atoms with E-state index in [2.05, 4.69) is 33.1 Å². The lowest BCUT2D eigenvalue weighted by molar-refractivity contribution is 0.301. The molecule has 0 aromatic carbocycles. The maximum Gasteiger partial charge on any atom is 0.127 e. The number of anilines is 1. The predicted octanol–water partition coefficient (Wildman–Crippen LogP) is 2.32. The number of nitrogens with zero attached hydrogens (tertiary/aromatic N) is 3. The van der Waals surface area contributed by atoms with E-state index in [1.807, 2.05) is 13.0 Å². The number of aryl methyl sites for hydroxylation is 1. The molecule has 0 radical (unpaired) electrons. The highest BCUT2D eigenvalue weighted by molar-refractivity contribution is 5.36. The summed E-state index contributed by atoms with van der Waals surface area (Å²) in [5, 5.41) is 14.4. The highest BCUT2D eigenvalue weighted by Crippen LogP contribution is 2.19. The van der Waals surface area contributed by atoms with Gasteiger partial charge < -0.3 is 10.6 Å². The molecule has 3 heterocycles. The van der Waals surface area contributed by atoms with Gasteiger partial charge in [-0.05, 0) is 63.7 Å². The van der Waals surface area contributed by atoms with Crippen LogP contribution in [0.3, 0.4) is 0 Å². The number of nitrogens with one attached hydrogen (secondary N) is 2. The zero-order chi connectivity index (χ0) is 15.2. The van der Waals surface area contributed by atoms with Gasteiger partial charge in [0.05, 0.1) is 6.54 Å². The number of hydrogen-bond acceptors (Lipinski definition) is 6. The van der Waals surface area contributed by atoms with Crippen molar-refractivity contribution < 1.29 is 4.63 Å². The molecule has 0 aliphatic carbocycles. The van der Waals surface area contributed by atoms with Crippen LogP contribution in [0.4, 0.5) is 5.82 Å². The third kappa shape index (κ3) is 4.04. The van der Waals surface area contributed by atoms with Gasteiger partial charge in [-0.25, -0.2) is 9.61 Å². The molecule has 0 amide bonds. The quantitative estimate of drug-likeness (QED) is 0.882. The van der Waals surface area contributed by atoms with Crippen molar-refractivity contribution in [2.45, 2.75) is 39.2 Å². The van der Waals surface area contributed by atoms with Crippen LogP contribution in [0.1, 0.15) is 36.3 Å². The molecule has 3 rings (SSSR count). The molecule has 0 saturated carbocycles. The first-order valence-electron chi connectivity index (χ1n) is 8.00. The second-order valence-corrected chi connectivity index (χ2v) is 5.92. The Bertz CT molecular complexity index is 590. The minimum Gasteiger partial charge on any atom is -0.364 e. The lowest BCUT2D eigenvalue weighted by atomic mass is 9.95. The SMILES string of the molecule is Cc1nonc1CNc1cccc(CC2CCCNCC2)n1. The first-order valence-corrected chi connectivity index (χ1v) is 8.00. The standard InChI is InChI=1S/C16H23N5O/c1-12-15(21-22-20-12)11-18-16-6-2-5-14(19-16)10-13-4-3-8-17-9-7-13/h2,5-6,13,17H,3-4,7-11H2,1H3,(H,18,19). The molecule has 6 heteroatoms. The minimum atomic E-state index is 0.582. The Morgan fingerprint density at radius 1 is 1.27 bits per heavy atom. The summed E-state index contributed by atoms with van der Waals surface area (Å²) >= 11 is 0. The van der Waals surface area contributed by atoms with Gasteiger partial charge in [-0.3, -0.25) is 0 Å². The van der Waals surface area contributed by atoms with Crippen molar-refractivity contribution in [3.63, 3.8) is 0 Å². The molecule has 2 aromatic rings. The molecule has 0 bridgehead atoms. The van der Waals surface area contributed by atoms with Gasteiger partial charge >= 0.3 is 0 Å². The Balaban J connectivity index is 1.58. The minimum absolute atomic E-state index is 0.582. The van der Waals surface area contributed by atoms with Gasteiger partial charge in [0.15, 0.2) is 0 Å². The topological polar surface area (TPSA) is 75.9 Å². The number of rotatable bonds is 5. The molecule has 1 aliphatic rings. The number of aromatic nitrogens is 3. The van der Waals surface area contributed by atoms with Gasteiger partial charge in [0.25, 0.3) is 0 Å². The van der Waals surface area contributed by atoms with E-state index in [9.17, 15) is 0 Å². The predicted molar refractivity (Wildman–Crippen MR) is 84.5 cm³/mol. The van der Waals surface area contributed by atoms with Crippen LogP contribution in [-0.2, 0) is 13.0 Å². The Labute approximate surface area is 130 Å². The smallest absolute Gasteiger partial charge is 0.127 e. The number of pyridine rings is 1. The van der Waals surface area contributed by atoms with Gasteiger partial charge in [0.1, 0.15) is 17.2 Å². The van der Waals surface area contributed by atoms with Crippen LogP contribution in [0.25, 0.3) is 0 Å². The van der Waals surface area contributed by atoms with Crippen molar-refractivity contribution in [1.82, 2.24) is 20.6 Å². The maximum absolute atomic E-state index is 4.72. The van der Waals surface area contributed by atoms with Crippen LogP contribution in [-0.4, -0.2) is 28.4 Å². The third-order valence-corrected chi connectivity index (χ3v) is 4.18. The van der Waals surface area contributed by atoms with E-state index in [-0.39, 0.29) is 0 Å². The van der Waals surface area contributed by atoms with Gasteiger partial charge in [0, 0.05) is 5.69 Å². The zero-order valence-electron chi connectivity index (χ0n) is 13.0. The molecule has 22 heavy (non-hydrogen) atoms. The largest absolute Gasteiger partial charge is 0.364 e. The normalized spacial score (nSPS) is 18.9. The fraction of sp³-hybridized carbons (Fsp3) is 0.562. The highest BCUT2D eigenvalue weighted by atomic mass is 16.6. The summed E-state index contributed by atoms with van der Waals surface area (Å²) in [5.41, 5.74) is 2.79. The molecule has 2 N–H and O–H groups in total. The fourth-order valence-electron chi connectivity index (χ4n) is 2.87. The summed E-state index contributed by atoms with van der Waals surface area (Å²) in [6, 6.07) is 6.17. The molecule has 2 aromatic heterocycles. The van der Waals surface area contributed by atoms with Gasteiger partial charge in [-0.15, -0.1) is 0 Å². The van der Waals surface area contributed by atoms with Gasteiger partial charge in [-0.2, -0.15) is 0 Å². The Hall–Kier alpha value is -1.95. The van der Waals surface area contributed by atoms with Crippen molar-refractivity contribution in [2.75, 3.05) is 18.4 Å². The summed E-state index contributed by atoms with van der Waals surface area (Å²) < 4.78 is 4.70. The average molecular weight is 301 g/mol. The van der Waals surface area contributed by atoms with E-state index in [1.165, 1.54) is 19.3 Å². The van der Waals surface area contributed by atoms with Crippen LogP contribution in [0.2, 0.25) is 0 Å². The molecule has 1 fully saturated rings. The molecule has 0 spiro atoms. The molecule has 118 valence electrons. The molecule has 6 nitrogen and oxygen atoms in total. The molecule has 1 saturated heterocycles. The summed E-state index contributed by atoms with van der Waals surface area (Å²) in [4.78, 5) is 4.72. The lowest BCUT2D eigenvalue weighted by Gasteiger charge is -2.13. The van der Waals surface area contributed by atoms with E-state index >= 15 is 0 Å². The van der Waals surface area contributed by atoms with E-state index in [1.54, 1.807) is 0 Å². The van der Waals surface area contributed by atoms with Crippen molar-refractivity contribution in [2.24, 2.45) is 5.92 Å². The summed E-state index contributed by atoms with van der Waals surface area (Å²) in [7, 11) is 0. The van der Waals surface area contributed by atoms with Gasteiger partial charge in [-0.1, -0.05) is 16.4 Å². The zero-order valence-corrected chi connectivity index (χ0v) is 13.0. The van der Waals surface area contributed by atoms with Crippen LogP contribution >= 0.6 is 0 Å². The summed E-state index contributed by atoms with van der Waals surface area (Å²) in [6.45, 7) is 4.74. The van der Waals surface area contributed by atoms with E-state index in [4.69, 9.17) is 9.61 Å². The van der Waals surface area contributed by atoms with Crippen LogP contribution in [0.5, 0.6) is 0 Å². The Morgan fingerprint density at radius 2 is 2.23 bits per heavy atom. The van der Waals surface area contributed by atoms with Crippen molar-refractivity contribution >= 4 is 5.82 Å². The van der Waals surface area contributed by atoms with Crippen LogP contribution in [0, 0.1) is 12.8 Å². The van der Waals surface area contributed by atoms with Crippen LogP contribution in [0.15, 0.2) is 22.8 Å². The van der Waals surface area contributed by atoms with Gasteiger partial charge in [0.2, 0.25) is 0 Å². The van der Waals surface area contributed by atoms with E-state index in [0.717, 1.165) is 48.3 Å². The third-order valence-electron chi connectivity index (χ3n) is 4.18. The maximum atomic E-state index is 4.72. The first kappa shape index (κ1) is 15.0. The van der Waals surface area contributed by atoms with Crippen molar-refractivity contribution in [1.29, 1.82) is 0 Å². The molecule has 1 aliphatic heterocycles. The molecule has 1 unspecified atom stereocenters. The van der Waals surface area contributed by atoms with Crippen molar-refractivity contribution in [3.05, 3.63) is 35.3 Å². The highest BCUT2D eigenvalue weighted by Gasteiger charge is 2.13. The number of hydrogen-bond donors (Lipinski definition) is 2.